The molecule has 0 spiro atoms. The summed E-state index contributed by atoms with van der Waals surface area (Å²) in [6, 6.07) is 6.61. The maximum absolute atomic E-state index is 13.5. The predicted molar refractivity (Wildman–Crippen MR) is 169 cm³/mol. The van der Waals surface area contributed by atoms with Crippen molar-refractivity contribution in [2.45, 2.75) is 65.1 Å². The summed E-state index contributed by atoms with van der Waals surface area (Å²) >= 11 is 0. The van der Waals surface area contributed by atoms with Crippen molar-refractivity contribution in [3.63, 3.8) is 0 Å². The lowest BCUT2D eigenvalue weighted by Crippen LogP contribution is -2.35. The summed E-state index contributed by atoms with van der Waals surface area (Å²) in [5, 5.41) is 2.03. The first-order chi connectivity index (χ1) is 23.3. The van der Waals surface area contributed by atoms with E-state index in [2.05, 4.69) is 19.9 Å². The van der Waals surface area contributed by atoms with Gasteiger partial charge in [0.15, 0.2) is 11.4 Å². The highest BCUT2D eigenvalue weighted by Gasteiger charge is 2.39. The fourth-order valence-electron chi connectivity index (χ4n) is 3.97. The Bertz CT molecular complexity index is 1870. The van der Waals surface area contributed by atoms with Crippen LogP contribution in [0.25, 0.3) is 22.5 Å². The monoisotopic (exact) mass is 728 g/mol. The van der Waals surface area contributed by atoms with Gasteiger partial charge in [-0.15, -0.1) is 0 Å². The highest BCUT2D eigenvalue weighted by atomic mass is 19.4. The summed E-state index contributed by atoms with van der Waals surface area (Å²) in [6.07, 6.45) is -7.42. The van der Waals surface area contributed by atoms with Gasteiger partial charge in [0, 0.05) is 30.6 Å². The van der Waals surface area contributed by atoms with Crippen molar-refractivity contribution in [3.8, 4) is 22.5 Å². The Morgan fingerprint density at radius 3 is 1.55 bits per heavy atom. The largest absolute Gasteiger partial charge is 0.444 e. The van der Waals surface area contributed by atoms with Crippen LogP contribution >= 0.6 is 0 Å². The summed E-state index contributed by atoms with van der Waals surface area (Å²) in [7, 11) is 1.16. The molecular formula is C33H32F8N6O4. The maximum atomic E-state index is 13.5. The number of anilines is 2. The average Bonchev–Trinajstić information content (AvgIpc) is 2.98. The highest BCUT2D eigenvalue weighted by molar-refractivity contribution is 5.88. The Labute approximate surface area is 286 Å². The molecule has 4 aromatic rings. The van der Waals surface area contributed by atoms with Crippen LogP contribution in [0.4, 0.5) is 56.1 Å². The van der Waals surface area contributed by atoms with Gasteiger partial charge in [-0.2, -0.15) is 26.3 Å². The van der Waals surface area contributed by atoms with Crippen molar-refractivity contribution in [1.29, 1.82) is 0 Å². The molecule has 0 aliphatic rings. The minimum atomic E-state index is -4.83. The Morgan fingerprint density at radius 2 is 1.12 bits per heavy atom. The van der Waals surface area contributed by atoms with Crippen molar-refractivity contribution in [2.24, 2.45) is 0 Å². The SMILES string of the molecule is CC(C)(C)OC(=O)Nc1ccc(-c2cncc(F)c2)nc1C(F)(F)F.CN(C(=O)OC(C)(C)C)c1ccc(-c2cncc(F)c2)nc1C(F)(F)F. The van der Waals surface area contributed by atoms with Crippen LogP contribution in [-0.4, -0.2) is 50.4 Å². The molecule has 2 amide bonds. The molecule has 0 aliphatic carbocycles. The fraction of sp³-hybridized carbons (Fsp3) is 0.333. The first-order valence-corrected chi connectivity index (χ1v) is 14.7. The van der Waals surface area contributed by atoms with E-state index in [0.29, 0.717) is 0 Å². The second-order valence-electron chi connectivity index (χ2n) is 12.6. The van der Waals surface area contributed by atoms with E-state index in [4.69, 9.17) is 9.47 Å². The van der Waals surface area contributed by atoms with Crippen LogP contribution in [0.5, 0.6) is 0 Å². The topological polar surface area (TPSA) is 119 Å². The van der Waals surface area contributed by atoms with Crippen LogP contribution < -0.4 is 10.2 Å². The Hall–Kier alpha value is -5.42. The number of amides is 2. The van der Waals surface area contributed by atoms with Crippen LogP contribution in [-0.2, 0) is 21.8 Å². The van der Waals surface area contributed by atoms with Gasteiger partial charge in [0.1, 0.15) is 22.8 Å². The number of alkyl halides is 6. The number of hydrogen-bond acceptors (Lipinski definition) is 8. The number of hydrogen-bond donors (Lipinski definition) is 1. The molecule has 1 N–H and O–H groups in total. The number of rotatable bonds is 4. The number of nitrogens with zero attached hydrogens (tertiary/aromatic N) is 5. The summed E-state index contributed by atoms with van der Waals surface area (Å²) in [6.45, 7) is 9.53. The molecule has 4 rings (SSSR count). The van der Waals surface area contributed by atoms with E-state index in [-0.39, 0.29) is 22.5 Å². The summed E-state index contributed by atoms with van der Waals surface area (Å²) in [5.41, 5.74) is -5.47. The number of pyridine rings is 4. The molecule has 0 bridgehead atoms. The van der Waals surface area contributed by atoms with E-state index in [1.54, 1.807) is 41.5 Å². The average molecular weight is 729 g/mol. The lowest BCUT2D eigenvalue weighted by atomic mass is 10.1. The van der Waals surface area contributed by atoms with Crippen LogP contribution in [0, 0.1) is 11.6 Å². The predicted octanol–water partition coefficient (Wildman–Crippen LogP) is 9.32. The third-order valence-corrected chi connectivity index (χ3v) is 5.97. The minimum absolute atomic E-state index is 0.0781. The number of aromatic nitrogens is 4. The Morgan fingerprint density at radius 1 is 0.667 bits per heavy atom. The van der Waals surface area contributed by atoms with E-state index in [1.807, 2.05) is 5.32 Å². The molecule has 274 valence electrons. The molecule has 4 heterocycles. The molecule has 0 aromatic carbocycles. The van der Waals surface area contributed by atoms with Crippen molar-refractivity contribution < 1.29 is 54.2 Å². The first-order valence-electron chi connectivity index (χ1n) is 14.7. The van der Waals surface area contributed by atoms with Gasteiger partial charge in [-0.1, -0.05) is 0 Å². The first kappa shape index (κ1) is 40.0. The van der Waals surface area contributed by atoms with Gasteiger partial charge in [-0.05, 0) is 77.9 Å². The number of carbonyl (C=O) groups excluding carboxylic acids is 2. The molecule has 4 aromatic heterocycles. The molecule has 0 unspecified atom stereocenters. The van der Waals surface area contributed by atoms with Gasteiger partial charge < -0.3 is 9.47 Å². The number of halogens is 8. The number of nitrogens with one attached hydrogen (secondary N) is 1. The zero-order valence-electron chi connectivity index (χ0n) is 28.2. The van der Waals surface area contributed by atoms with E-state index < -0.39 is 70.1 Å². The third kappa shape index (κ3) is 11.9. The van der Waals surface area contributed by atoms with Gasteiger partial charge in [0.05, 0.1) is 35.2 Å². The second-order valence-corrected chi connectivity index (χ2v) is 12.6. The van der Waals surface area contributed by atoms with Crippen LogP contribution in [0.15, 0.2) is 61.2 Å². The van der Waals surface area contributed by atoms with Gasteiger partial charge in [0.2, 0.25) is 0 Å². The van der Waals surface area contributed by atoms with Gasteiger partial charge in [-0.3, -0.25) is 20.2 Å². The highest BCUT2D eigenvalue weighted by Crippen LogP contribution is 2.37. The van der Waals surface area contributed by atoms with Gasteiger partial charge >= 0.3 is 24.5 Å². The molecular weight excluding hydrogens is 696 g/mol. The lowest BCUT2D eigenvalue weighted by Gasteiger charge is -2.26. The van der Waals surface area contributed by atoms with Crippen molar-refractivity contribution in [1.82, 2.24) is 19.9 Å². The van der Waals surface area contributed by atoms with Crippen molar-refractivity contribution in [2.75, 3.05) is 17.3 Å². The fourth-order valence-corrected chi connectivity index (χ4v) is 3.97. The molecule has 18 heteroatoms. The Kier molecular flexibility index (Phi) is 11.9. The van der Waals surface area contributed by atoms with E-state index in [0.717, 1.165) is 48.6 Å². The number of carbonyl (C=O) groups is 2. The van der Waals surface area contributed by atoms with Crippen LogP contribution in [0.1, 0.15) is 52.9 Å². The molecule has 0 saturated heterocycles. The third-order valence-electron chi connectivity index (χ3n) is 5.97. The van der Waals surface area contributed by atoms with E-state index in [9.17, 15) is 44.7 Å². The van der Waals surface area contributed by atoms with Crippen LogP contribution in [0.3, 0.4) is 0 Å². The summed E-state index contributed by atoms with van der Waals surface area (Å²) in [4.78, 5) is 38.8. The quantitative estimate of drug-likeness (QED) is 0.207. The normalized spacial score (nSPS) is 12.0. The summed E-state index contributed by atoms with van der Waals surface area (Å²) < 4.78 is 117. The van der Waals surface area contributed by atoms with Gasteiger partial charge in [-0.25, -0.2) is 28.3 Å². The molecule has 0 aliphatic heterocycles. The zero-order chi connectivity index (χ0) is 38.5. The minimum Gasteiger partial charge on any atom is -0.444 e. The number of ether oxygens (including phenoxy) is 2. The second kappa shape index (κ2) is 15.2. The van der Waals surface area contributed by atoms with E-state index in [1.165, 1.54) is 24.5 Å². The molecule has 0 radical (unpaired) electrons. The lowest BCUT2D eigenvalue weighted by molar-refractivity contribution is -0.141. The molecule has 0 atom stereocenters. The molecule has 51 heavy (non-hydrogen) atoms. The maximum Gasteiger partial charge on any atom is 0.435 e. The van der Waals surface area contributed by atoms with Gasteiger partial charge in [0.25, 0.3) is 0 Å². The standard InChI is InChI=1S/C17H17F4N3O2.C16H15F4N3O2/c1-16(2,3)26-15(25)24(4)13-6-5-12(23-14(13)17(19,20)21)10-7-11(18)9-22-8-10;1-15(2,3)25-14(24)23-12-5-4-11(22-13(12)16(18,19)20)9-6-10(17)8-21-7-9/h5-9H,1-4H3;4-8H,1-3H3,(H,23,24). The molecule has 0 fully saturated rings. The van der Waals surface area contributed by atoms with Crippen LogP contribution in [0.2, 0.25) is 0 Å². The zero-order valence-corrected chi connectivity index (χ0v) is 28.2. The molecule has 0 saturated carbocycles. The smallest absolute Gasteiger partial charge is 0.435 e. The Balaban J connectivity index is 0.000000276. The summed E-state index contributed by atoms with van der Waals surface area (Å²) in [5.74, 6) is -1.41. The van der Waals surface area contributed by atoms with Crippen molar-refractivity contribution in [3.05, 3.63) is 84.2 Å². The van der Waals surface area contributed by atoms with E-state index >= 15 is 0 Å². The van der Waals surface area contributed by atoms with Crippen molar-refractivity contribution >= 4 is 23.6 Å². The molecule has 10 nitrogen and oxygen atoms in total.